The second kappa shape index (κ2) is 14.4. The van der Waals surface area contributed by atoms with E-state index in [-0.39, 0.29) is 19.3 Å². The second-order valence-electron chi connectivity index (χ2n) is 9.31. The molecule has 13 heteroatoms. The fourth-order valence-corrected chi connectivity index (χ4v) is 4.33. The lowest BCUT2D eigenvalue weighted by Crippen LogP contribution is -2.58. The second-order valence-corrected chi connectivity index (χ2v) is 10.3. The fourth-order valence-electron chi connectivity index (χ4n) is 3.86. The first-order chi connectivity index (χ1) is 17.9. The number of aliphatic carboxylic acids is 1. The molecular weight excluding hydrogens is 512 g/mol. The molecule has 0 saturated carbocycles. The van der Waals surface area contributed by atoms with Crippen molar-refractivity contribution in [3.63, 3.8) is 0 Å². The fraction of sp³-hybridized carbons (Fsp3) is 0.480. The molecule has 4 unspecified atom stereocenters. The third-order valence-electron chi connectivity index (χ3n) is 5.96. The molecule has 2 rings (SSSR count). The zero-order valence-electron chi connectivity index (χ0n) is 21.7. The number of nitrogens with one attached hydrogen (secondary N) is 4. The molecule has 1 aromatic carbocycles. The number of nitrogens with two attached hydrogens (primary N) is 2. The van der Waals surface area contributed by atoms with Crippen LogP contribution < -0.4 is 27.4 Å². The van der Waals surface area contributed by atoms with Gasteiger partial charge in [-0.15, -0.1) is 0 Å². The number of rotatable bonds is 15. The normalized spacial score (nSPS) is 14.3. The van der Waals surface area contributed by atoms with Crippen LogP contribution in [0.15, 0.2) is 30.5 Å². The van der Waals surface area contributed by atoms with E-state index in [1.807, 2.05) is 30.5 Å². The van der Waals surface area contributed by atoms with Gasteiger partial charge in [-0.2, -0.15) is 11.8 Å². The molecule has 4 amide bonds. The van der Waals surface area contributed by atoms with E-state index in [0.29, 0.717) is 5.75 Å². The van der Waals surface area contributed by atoms with Gasteiger partial charge in [0, 0.05) is 23.5 Å². The van der Waals surface area contributed by atoms with Gasteiger partial charge >= 0.3 is 5.97 Å². The zero-order chi connectivity index (χ0) is 28.4. The first kappa shape index (κ1) is 30.6. The number of carboxylic acids is 1. The highest BCUT2D eigenvalue weighted by atomic mass is 32.2. The van der Waals surface area contributed by atoms with Crippen molar-refractivity contribution in [3.05, 3.63) is 36.0 Å². The SMILES string of the molecule is CSCCC(NC(=O)C(N)CC(N)=O)C(=O)NC(C(=O)NC(Cc1c[nH]c2ccccc12)C(=O)O)C(C)C. The Balaban J connectivity index is 2.14. The van der Waals surface area contributed by atoms with Gasteiger partial charge in [0.2, 0.25) is 23.6 Å². The maximum absolute atomic E-state index is 13.2. The molecule has 0 aliphatic heterocycles. The van der Waals surface area contributed by atoms with Crippen LogP contribution >= 0.6 is 11.8 Å². The number of carbonyl (C=O) groups excluding carboxylic acids is 4. The maximum atomic E-state index is 13.2. The number of fused-ring (bicyclic) bond motifs is 1. The van der Waals surface area contributed by atoms with Gasteiger partial charge in [-0.05, 0) is 36.0 Å². The Morgan fingerprint density at radius 2 is 1.66 bits per heavy atom. The van der Waals surface area contributed by atoms with Crippen LogP contribution in [0.25, 0.3) is 10.9 Å². The number of primary amides is 1. The van der Waals surface area contributed by atoms with Gasteiger partial charge in [-0.25, -0.2) is 4.79 Å². The molecule has 1 aromatic heterocycles. The molecular formula is C25H36N6O6S. The van der Waals surface area contributed by atoms with Gasteiger partial charge in [0.25, 0.3) is 0 Å². The van der Waals surface area contributed by atoms with Gasteiger partial charge in [-0.3, -0.25) is 19.2 Å². The zero-order valence-corrected chi connectivity index (χ0v) is 22.5. The molecule has 208 valence electrons. The number of aromatic nitrogens is 1. The number of benzene rings is 1. The molecule has 0 aliphatic rings. The number of hydrogen-bond acceptors (Lipinski definition) is 7. The Bertz CT molecular complexity index is 1150. The van der Waals surface area contributed by atoms with Crippen LogP contribution in [0.2, 0.25) is 0 Å². The van der Waals surface area contributed by atoms with E-state index in [2.05, 4.69) is 20.9 Å². The molecule has 0 radical (unpaired) electrons. The smallest absolute Gasteiger partial charge is 0.326 e. The van der Waals surface area contributed by atoms with Crippen LogP contribution in [0.4, 0.5) is 0 Å². The summed E-state index contributed by atoms with van der Waals surface area (Å²) in [6, 6.07) is 2.87. The van der Waals surface area contributed by atoms with E-state index in [0.717, 1.165) is 16.5 Å². The molecule has 0 fully saturated rings. The largest absolute Gasteiger partial charge is 0.480 e. The molecule has 9 N–H and O–H groups in total. The number of hydrogen-bond donors (Lipinski definition) is 7. The topological polar surface area (TPSA) is 209 Å². The van der Waals surface area contributed by atoms with Gasteiger partial charge in [0.15, 0.2) is 0 Å². The molecule has 0 spiro atoms. The quantitative estimate of drug-likeness (QED) is 0.159. The van der Waals surface area contributed by atoms with Crippen LogP contribution in [0.1, 0.15) is 32.3 Å². The summed E-state index contributed by atoms with van der Waals surface area (Å²) in [5, 5.41) is 18.3. The predicted molar refractivity (Wildman–Crippen MR) is 145 cm³/mol. The van der Waals surface area contributed by atoms with Crippen molar-refractivity contribution in [2.75, 3.05) is 12.0 Å². The Hall–Kier alpha value is -3.58. The number of carboxylic acid groups (broad SMARTS) is 1. The highest BCUT2D eigenvalue weighted by Gasteiger charge is 2.32. The Morgan fingerprint density at radius 3 is 2.26 bits per heavy atom. The number of para-hydroxylation sites is 1. The van der Waals surface area contributed by atoms with Crippen molar-refractivity contribution in [2.24, 2.45) is 17.4 Å². The first-order valence-corrected chi connectivity index (χ1v) is 13.6. The average Bonchev–Trinajstić information content (AvgIpc) is 3.26. The standard InChI is InChI=1S/C25H36N6O6S/c1-13(2)21(31-23(34)18(8-9-38-3)29-22(33)16(26)11-20(27)32)24(35)30-19(25(36)37)10-14-12-28-17-7-5-4-6-15(14)17/h4-7,12-13,16,18-19,21,28H,8-11,26H2,1-3H3,(H2,27,32)(H,29,33)(H,30,35)(H,31,34)(H,36,37). The molecule has 0 aliphatic carbocycles. The van der Waals surface area contributed by atoms with E-state index >= 15 is 0 Å². The Kier molecular flexibility index (Phi) is 11.6. The van der Waals surface area contributed by atoms with E-state index in [1.165, 1.54) is 11.8 Å². The molecule has 2 aromatic rings. The molecule has 38 heavy (non-hydrogen) atoms. The maximum Gasteiger partial charge on any atom is 0.326 e. The van der Waals surface area contributed by atoms with Crippen molar-refractivity contribution in [1.29, 1.82) is 0 Å². The lowest BCUT2D eigenvalue weighted by atomic mass is 10.0. The highest BCUT2D eigenvalue weighted by Crippen LogP contribution is 2.19. The van der Waals surface area contributed by atoms with Crippen molar-refractivity contribution in [3.8, 4) is 0 Å². The van der Waals surface area contributed by atoms with Crippen molar-refractivity contribution >= 4 is 52.3 Å². The molecule has 12 nitrogen and oxygen atoms in total. The van der Waals surface area contributed by atoms with E-state index in [4.69, 9.17) is 11.5 Å². The lowest BCUT2D eigenvalue weighted by Gasteiger charge is -2.27. The lowest BCUT2D eigenvalue weighted by molar-refractivity contribution is -0.142. The summed E-state index contributed by atoms with van der Waals surface area (Å²) in [6.07, 6.45) is 3.43. The Labute approximate surface area is 225 Å². The predicted octanol–water partition coefficient (Wildman–Crippen LogP) is -0.139. The van der Waals surface area contributed by atoms with Crippen LogP contribution in [0.3, 0.4) is 0 Å². The minimum atomic E-state index is -1.24. The third kappa shape index (κ3) is 8.77. The van der Waals surface area contributed by atoms with E-state index < -0.39 is 59.7 Å². The summed E-state index contributed by atoms with van der Waals surface area (Å²) >= 11 is 1.46. The molecule has 0 saturated heterocycles. The van der Waals surface area contributed by atoms with Crippen LogP contribution in [-0.4, -0.2) is 75.9 Å². The van der Waals surface area contributed by atoms with Crippen LogP contribution in [-0.2, 0) is 30.4 Å². The monoisotopic (exact) mass is 548 g/mol. The minimum absolute atomic E-state index is 0.0357. The number of thioether (sulfide) groups is 1. The summed E-state index contributed by atoms with van der Waals surface area (Å²) in [4.78, 5) is 64.8. The van der Waals surface area contributed by atoms with Crippen LogP contribution in [0, 0.1) is 5.92 Å². The van der Waals surface area contributed by atoms with Gasteiger partial charge in [0.05, 0.1) is 12.5 Å². The number of aromatic amines is 1. The summed E-state index contributed by atoms with van der Waals surface area (Å²) in [5.74, 6) is -3.86. The summed E-state index contributed by atoms with van der Waals surface area (Å²) in [6.45, 7) is 3.41. The highest BCUT2D eigenvalue weighted by molar-refractivity contribution is 7.98. The van der Waals surface area contributed by atoms with Gasteiger partial charge in [0.1, 0.15) is 18.1 Å². The number of H-pyrrole nitrogens is 1. The van der Waals surface area contributed by atoms with Crippen molar-refractivity contribution in [1.82, 2.24) is 20.9 Å². The number of carbonyl (C=O) groups is 5. The van der Waals surface area contributed by atoms with E-state index in [9.17, 15) is 29.1 Å². The minimum Gasteiger partial charge on any atom is -0.480 e. The molecule has 1 heterocycles. The number of amides is 4. The third-order valence-corrected chi connectivity index (χ3v) is 6.61. The molecule has 4 atom stereocenters. The van der Waals surface area contributed by atoms with Gasteiger partial charge in [-0.1, -0.05) is 32.0 Å². The van der Waals surface area contributed by atoms with Crippen molar-refractivity contribution < 1.29 is 29.1 Å². The Morgan fingerprint density at radius 1 is 1.00 bits per heavy atom. The first-order valence-electron chi connectivity index (χ1n) is 12.2. The van der Waals surface area contributed by atoms with Crippen LogP contribution in [0.5, 0.6) is 0 Å². The summed E-state index contributed by atoms with van der Waals surface area (Å²) in [7, 11) is 0. The summed E-state index contributed by atoms with van der Waals surface area (Å²) < 4.78 is 0. The van der Waals surface area contributed by atoms with Crippen molar-refractivity contribution in [2.45, 2.75) is 57.3 Å². The summed E-state index contributed by atoms with van der Waals surface area (Å²) in [5.41, 5.74) is 12.4. The molecule has 0 bridgehead atoms. The van der Waals surface area contributed by atoms with E-state index in [1.54, 1.807) is 20.0 Å². The average molecular weight is 549 g/mol. The van der Waals surface area contributed by atoms with Gasteiger partial charge < -0.3 is 37.5 Å².